The molecule has 0 bridgehead atoms. The molecule has 0 saturated carbocycles. The Kier molecular flexibility index (Phi) is 6.24. The minimum Gasteiger partial charge on any atom is -0.379 e. The summed E-state index contributed by atoms with van der Waals surface area (Å²) >= 11 is 0. The number of benzene rings is 1. The van der Waals surface area contributed by atoms with Crippen LogP contribution in [0, 0.1) is 5.92 Å². The van der Waals surface area contributed by atoms with Crippen molar-refractivity contribution in [2.24, 2.45) is 5.92 Å². The lowest BCUT2D eigenvalue weighted by atomic mass is 9.93. The molecule has 5 nitrogen and oxygen atoms in total. The summed E-state index contributed by atoms with van der Waals surface area (Å²) in [6.45, 7) is 8.53. The van der Waals surface area contributed by atoms with E-state index in [4.69, 9.17) is 4.74 Å². The Bertz CT molecular complexity index is 526. The molecule has 5 heteroatoms. The lowest BCUT2D eigenvalue weighted by Crippen LogP contribution is -2.47. The molecule has 2 saturated heterocycles. The predicted molar refractivity (Wildman–Crippen MR) is 95.1 cm³/mol. The minimum atomic E-state index is 0.0208. The van der Waals surface area contributed by atoms with Crippen LogP contribution in [0.4, 0.5) is 0 Å². The molecule has 2 heterocycles. The Morgan fingerprint density at radius 1 is 1.29 bits per heavy atom. The quantitative estimate of drug-likeness (QED) is 0.861. The van der Waals surface area contributed by atoms with Crippen molar-refractivity contribution in [1.82, 2.24) is 15.5 Å². The Morgan fingerprint density at radius 3 is 2.75 bits per heavy atom. The number of amides is 1. The van der Waals surface area contributed by atoms with Gasteiger partial charge in [-0.05, 0) is 43.0 Å². The van der Waals surface area contributed by atoms with Crippen molar-refractivity contribution in [2.75, 3.05) is 39.4 Å². The Labute approximate surface area is 144 Å². The van der Waals surface area contributed by atoms with Gasteiger partial charge in [0.2, 0.25) is 0 Å². The van der Waals surface area contributed by atoms with Crippen molar-refractivity contribution in [3.8, 4) is 0 Å². The zero-order valence-corrected chi connectivity index (χ0v) is 14.6. The van der Waals surface area contributed by atoms with Gasteiger partial charge in [-0.25, -0.2) is 0 Å². The van der Waals surface area contributed by atoms with E-state index >= 15 is 0 Å². The van der Waals surface area contributed by atoms with E-state index in [2.05, 4.69) is 34.6 Å². The molecule has 3 rings (SSSR count). The topological polar surface area (TPSA) is 53.6 Å². The van der Waals surface area contributed by atoms with E-state index in [-0.39, 0.29) is 5.91 Å². The standard InChI is InChI=1S/C19H29N3O2/c1-15-3-2-8-20-18(15)13-21-19(23)17-6-4-16(5-7-17)14-22-9-11-24-12-10-22/h4-7,15,18,20H,2-3,8-14H2,1H3,(H,21,23)/t15-,18+/m1/s1. The Balaban J connectivity index is 1.48. The fourth-order valence-electron chi connectivity index (χ4n) is 3.47. The molecule has 2 aliphatic heterocycles. The number of morpholine rings is 1. The molecular weight excluding hydrogens is 302 g/mol. The number of nitrogens with one attached hydrogen (secondary N) is 2. The average Bonchev–Trinajstić information content (AvgIpc) is 2.62. The molecular formula is C19H29N3O2. The highest BCUT2D eigenvalue weighted by atomic mass is 16.5. The van der Waals surface area contributed by atoms with Gasteiger partial charge in [-0.15, -0.1) is 0 Å². The van der Waals surface area contributed by atoms with E-state index < -0.39 is 0 Å². The van der Waals surface area contributed by atoms with Gasteiger partial charge in [0.05, 0.1) is 13.2 Å². The van der Waals surface area contributed by atoms with E-state index in [1.807, 2.05) is 12.1 Å². The van der Waals surface area contributed by atoms with Gasteiger partial charge in [0.25, 0.3) is 5.91 Å². The summed E-state index contributed by atoms with van der Waals surface area (Å²) in [5, 5.41) is 6.57. The first-order chi connectivity index (χ1) is 11.7. The first kappa shape index (κ1) is 17.4. The van der Waals surface area contributed by atoms with Crippen LogP contribution in [0.1, 0.15) is 35.7 Å². The maximum absolute atomic E-state index is 12.3. The van der Waals surface area contributed by atoms with Crippen LogP contribution in [0.15, 0.2) is 24.3 Å². The molecule has 0 unspecified atom stereocenters. The molecule has 0 aliphatic carbocycles. The van der Waals surface area contributed by atoms with Crippen molar-refractivity contribution in [2.45, 2.75) is 32.4 Å². The lowest BCUT2D eigenvalue weighted by molar-refractivity contribution is 0.0342. The predicted octanol–water partition coefficient (Wildman–Crippen LogP) is 1.64. The molecule has 1 aromatic rings. The number of carbonyl (C=O) groups is 1. The maximum atomic E-state index is 12.3. The second-order valence-corrected chi connectivity index (χ2v) is 6.98. The lowest BCUT2D eigenvalue weighted by Gasteiger charge is -2.30. The summed E-state index contributed by atoms with van der Waals surface area (Å²) in [6.07, 6.45) is 2.47. The van der Waals surface area contributed by atoms with Gasteiger partial charge < -0.3 is 15.4 Å². The van der Waals surface area contributed by atoms with Crippen LogP contribution < -0.4 is 10.6 Å². The minimum absolute atomic E-state index is 0.0208. The largest absolute Gasteiger partial charge is 0.379 e. The number of piperidine rings is 1. The average molecular weight is 331 g/mol. The zero-order chi connectivity index (χ0) is 16.8. The number of carbonyl (C=O) groups excluding carboxylic acids is 1. The molecule has 2 N–H and O–H groups in total. The van der Waals surface area contributed by atoms with Gasteiger partial charge in [0, 0.05) is 37.8 Å². The Morgan fingerprint density at radius 2 is 2.04 bits per heavy atom. The summed E-state index contributed by atoms with van der Waals surface area (Å²) in [6, 6.07) is 8.38. The van der Waals surface area contributed by atoms with Crippen molar-refractivity contribution < 1.29 is 9.53 Å². The van der Waals surface area contributed by atoms with Crippen LogP contribution in [0.5, 0.6) is 0 Å². The molecule has 2 aliphatic rings. The van der Waals surface area contributed by atoms with Crippen LogP contribution >= 0.6 is 0 Å². The highest BCUT2D eigenvalue weighted by molar-refractivity contribution is 5.94. The second kappa shape index (κ2) is 8.60. The van der Waals surface area contributed by atoms with Crippen LogP contribution in [-0.4, -0.2) is 56.2 Å². The highest BCUT2D eigenvalue weighted by Crippen LogP contribution is 2.15. The number of hydrogen-bond acceptors (Lipinski definition) is 4. The number of rotatable bonds is 5. The van der Waals surface area contributed by atoms with Crippen molar-refractivity contribution >= 4 is 5.91 Å². The summed E-state index contributed by atoms with van der Waals surface area (Å²) in [5.74, 6) is 0.641. The van der Waals surface area contributed by atoms with E-state index in [0.29, 0.717) is 18.5 Å². The molecule has 0 spiro atoms. The van der Waals surface area contributed by atoms with Crippen molar-refractivity contribution in [3.05, 3.63) is 35.4 Å². The first-order valence-electron chi connectivity index (χ1n) is 9.13. The van der Waals surface area contributed by atoms with Gasteiger partial charge in [0.15, 0.2) is 0 Å². The van der Waals surface area contributed by atoms with E-state index in [1.54, 1.807) is 0 Å². The van der Waals surface area contributed by atoms with Gasteiger partial charge >= 0.3 is 0 Å². The maximum Gasteiger partial charge on any atom is 0.251 e. The molecule has 132 valence electrons. The molecule has 1 amide bonds. The first-order valence-corrected chi connectivity index (χ1v) is 9.13. The summed E-state index contributed by atoms with van der Waals surface area (Å²) in [5.41, 5.74) is 1.99. The zero-order valence-electron chi connectivity index (χ0n) is 14.6. The van der Waals surface area contributed by atoms with Gasteiger partial charge in [0.1, 0.15) is 0 Å². The van der Waals surface area contributed by atoms with Crippen molar-refractivity contribution in [1.29, 1.82) is 0 Å². The van der Waals surface area contributed by atoms with E-state index in [0.717, 1.165) is 45.0 Å². The second-order valence-electron chi connectivity index (χ2n) is 6.98. The molecule has 1 aromatic carbocycles. The molecule has 2 fully saturated rings. The SMILES string of the molecule is C[C@@H]1CCCN[C@H]1CNC(=O)c1ccc(CN2CCOCC2)cc1. The molecule has 0 radical (unpaired) electrons. The highest BCUT2D eigenvalue weighted by Gasteiger charge is 2.21. The summed E-state index contributed by atoms with van der Waals surface area (Å²) in [7, 11) is 0. The molecule has 2 atom stereocenters. The van der Waals surface area contributed by atoms with E-state index in [9.17, 15) is 4.79 Å². The van der Waals surface area contributed by atoms with Crippen molar-refractivity contribution in [3.63, 3.8) is 0 Å². The Hall–Kier alpha value is -1.43. The van der Waals surface area contributed by atoms with Crippen LogP contribution in [0.3, 0.4) is 0 Å². The van der Waals surface area contributed by atoms with Crippen LogP contribution in [0.25, 0.3) is 0 Å². The van der Waals surface area contributed by atoms with Crippen LogP contribution in [0.2, 0.25) is 0 Å². The molecule has 0 aromatic heterocycles. The van der Waals surface area contributed by atoms with Gasteiger partial charge in [-0.2, -0.15) is 0 Å². The fraction of sp³-hybridized carbons (Fsp3) is 0.632. The third-order valence-electron chi connectivity index (χ3n) is 5.14. The summed E-state index contributed by atoms with van der Waals surface area (Å²) in [4.78, 5) is 14.7. The third kappa shape index (κ3) is 4.79. The van der Waals surface area contributed by atoms with Crippen LogP contribution in [-0.2, 0) is 11.3 Å². The normalized spacial score (nSPS) is 25.4. The van der Waals surface area contributed by atoms with Gasteiger partial charge in [-0.3, -0.25) is 9.69 Å². The van der Waals surface area contributed by atoms with Gasteiger partial charge in [-0.1, -0.05) is 19.1 Å². The number of ether oxygens (including phenoxy) is 1. The fourth-order valence-corrected chi connectivity index (χ4v) is 3.47. The monoisotopic (exact) mass is 331 g/mol. The number of hydrogen-bond donors (Lipinski definition) is 2. The summed E-state index contributed by atoms with van der Waals surface area (Å²) < 4.78 is 5.37. The molecule has 24 heavy (non-hydrogen) atoms. The number of nitrogens with zero attached hydrogens (tertiary/aromatic N) is 1. The smallest absolute Gasteiger partial charge is 0.251 e. The third-order valence-corrected chi connectivity index (χ3v) is 5.14. The van der Waals surface area contributed by atoms with E-state index in [1.165, 1.54) is 18.4 Å².